The largest absolute Gasteiger partial charge is 0.465 e. The number of amides is 1. The molecule has 1 saturated heterocycles. The van der Waals surface area contributed by atoms with E-state index in [-0.39, 0.29) is 24.4 Å². The van der Waals surface area contributed by atoms with E-state index in [9.17, 15) is 9.59 Å². The van der Waals surface area contributed by atoms with Gasteiger partial charge in [-0.05, 0) is 39.0 Å². The molecular formula is C20H31N3O5. The van der Waals surface area contributed by atoms with Gasteiger partial charge in [-0.3, -0.25) is 14.3 Å². The van der Waals surface area contributed by atoms with Crippen LogP contribution in [0.15, 0.2) is 0 Å². The molecule has 2 aliphatic rings. The van der Waals surface area contributed by atoms with Gasteiger partial charge in [0.1, 0.15) is 5.69 Å². The van der Waals surface area contributed by atoms with E-state index in [0.717, 1.165) is 43.4 Å². The molecule has 0 saturated carbocycles. The lowest BCUT2D eigenvalue weighted by molar-refractivity contribution is -0.151. The number of carbonyl (C=O) groups excluding carboxylic acids is 2. The summed E-state index contributed by atoms with van der Waals surface area (Å²) in [5.41, 5.74) is 2.42. The number of hydrogen-bond donors (Lipinski definition) is 1. The molecule has 0 aromatic carbocycles. The van der Waals surface area contributed by atoms with E-state index in [1.807, 2.05) is 6.92 Å². The molecule has 0 bridgehead atoms. The lowest BCUT2D eigenvalue weighted by atomic mass is 10.0. The van der Waals surface area contributed by atoms with E-state index >= 15 is 0 Å². The highest BCUT2D eigenvalue weighted by atomic mass is 16.5. The Morgan fingerprint density at radius 2 is 1.96 bits per heavy atom. The van der Waals surface area contributed by atoms with Gasteiger partial charge >= 0.3 is 5.97 Å². The first-order valence-corrected chi connectivity index (χ1v) is 10.4. The molecule has 8 nitrogen and oxygen atoms in total. The van der Waals surface area contributed by atoms with Gasteiger partial charge in [0.2, 0.25) is 0 Å². The standard InChI is InChI=1S/C20H31N3O5/c1-2-23-18-16(5-3-10-26-11-4-9-21-19(18)24)17(22-23)8-14-28-20(25)15-6-12-27-13-7-15/h15H,2-14H2,1H3,(H,21,24). The molecule has 1 amide bonds. The summed E-state index contributed by atoms with van der Waals surface area (Å²) < 4.78 is 18.2. The van der Waals surface area contributed by atoms with Gasteiger partial charge in [0.25, 0.3) is 5.91 Å². The predicted octanol–water partition coefficient (Wildman–Crippen LogP) is 1.50. The Labute approximate surface area is 165 Å². The third-order valence-corrected chi connectivity index (χ3v) is 5.25. The molecule has 0 atom stereocenters. The fraction of sp³-hybridized carbons (Fsp3) is 0.750. The number of aryl methyl sites for hydroxylation is 1. The van der Waals surface area contributed by atoms with Crippen LogP contribution in [0.2, 0.25) is 0 Å². The molecule has 0 spiro atoms. The Balaban J connectivity index is 1.68. The maximum absolute atomic E-state index is 12.7. The van der Waals surface area contributed by atoms with Crippen molar-refractivity contribution in [1.82, 2.24) is 15.1 Å². The van der Waals surface area contributed by atoms with E-state index in [1.54, 1.807) is 4.68 Å². The van der Waals surface area contributed by atoms with Gasteiger partial charge < -0.3 is 19.5 Å². The lowest BCUT2D eigenvalue weighted by Crippen LogP contribution is -2.28. The quantitative estimate of drug-likeness (QED) is 0.763. The average Bonchev–Trinajstić information content (AvgIpc) is 3.05. The van der Waals surface area contributed by atoms with Crippen LogP contribution in [0.3, 0.4) is 0 Å². The Bertz CT molecular complexity index is 667. The van der Waals surface area contributed by atoms with Gasteiger partial charge in [-0.25, -0.2) is 0 Å². The second-order valence-corrected chi connectivity index (χ2v) is 7.22. The molecule has 2 aliphatic heterocycles. The molecule has 28 heavy (non-hydrogen) atoms. The Morgan fingerprint density at radius 1 is 1.21 bits per heavy atom. The average molecular weight is 393 g/mol. The minimum atomic E-state index is -0.156. The highest BCUT2D eigenvalue weighted by Gasteiger charge is 2.25. The molecule has 0 radical (unpaired) electrons. The van der Waals surface area contributed by atoms with Crippen molar-refractivity contribution in [2.75, 3.05) is 39.6 Å². The minimum Gasteiger partial charge on any atom is -0.465 e. The van der Waals surface area contributed by atoms with E-state index in [1.165, 1.54) is 0 Å². The van der Waals surface area contributed by atoms with Crippen LogP contribution < -0.4 is 5.32 Å². The molecule has 1 aromatic heterocycles. The third kappa shape index (κ3) is 5.32. The number of rotatable bonds is 5. The zero-order valence-electron chi connectivity index (χ0n) is 16.7. The molecule has 0 aliphatic carbocycles. The van der Waals surface area contributed by atoms with E-state index < -0.39 is 0 Å². The highest BCUT2D eigenvalue weighted by Crippen LogP contribution is 2.20. The van der Waals surface area contributed by atoms with E-state index in [2.05, 4.69) is 10.4 Å². The maximum Gasteiger partial charge on any atom is 0.309 e. The van der Waals surface area contributed by atoms with E-state index in [4.69, 9.17) is 14.2 Å². The maximum atomic E-state index is 12.7. The number of carbonyl (C=O) groups is 2. The van der Waals surface area contributed by atoms with Gasteiger partial charge in [0, 0.05) is 51.5 Å². The first kappa shape index (κ1) is 20.8. The van der Waals surface area contributed by atoms with Crippen LogP contribution in [0.5, 0.6) is 0 Å². The van der Waals surface area contributed by atoms with Crippen molar-refractivity contribution in [3.8, 4) is 0 Å². The number of ether oxygens (including phenoxy) is 3. The summed E-state index contributed by atoms with van der Waals surface area (Å²) >= 11 is 0. The third-order valence-electron chi connectivity index (χ3n) is 5.25. The summed E-state index contributed by atoms with van der Waals surface area (Å²) in [5, 5.41) is 7.61. The van der Waals surface area contributed by atoms with Crippen molar-refractivity contribution in [2.45, 2.75) is 52.0 Å². The van der Waals surface area contributed by atoms with Gasteiger partial charge in [0.15, 0.2) is 0 Å². The first-order valence-electron chi connectivity index (χ1n) is 10.4. The summed E-state index contributed by atoms with van der Waals surface area (Å²) in [4.78, 5) is 24.9. The molecular weight excluding hydrogens is 362 g/mol. The van der Waals surface area contributed by atoms with Crippen molar-refractivity contribution in [1.29, 1.82) is 0 Å². The topological polar surface area (TPSA) is 91.7 Å². The normalized spacial score (nSPS) is 19.4. The van der Waals surface area contributed by atoms with Crippen LogP contribution in [0.25, 0.3) is 0 Å². The number of nitrogens with one attached hydrogen (secondary N) is 1. The van der Waals surface area contributed by atoms with Gasteiger partial charge in [-0.2, -0.15) is 5.10 Å². The van der Waals surface area contributed by atoms with Crippen molar-refractivity contribution < 1.29 is 23.8 Å². The van der Waals surface area contributed by atoms with Gasteiger partial charge in [-0.1, -0.05) is 0 Å². The fourth-order valence-electron chi connectivity index (χ4n) is 3.71. The molecule has 1 N–H and O–H groups in total. The number of fused-ring (bicyclic) bond motifs is 1. The lowest BCUT2D eigenvalue weighted by Gasteiger charge is -2.20. The highest BCUT2D eigenvalue weighted by molar-refractivity contribution is 5.94. The SMILES string of the molecule is CCn1nc(CCOC(=O)C2CCOCC2)c2c1C(=O)NCCCOCCC2. The Kier molecular flexibility index (Phi) is 7.85. The molecule has 3 rings (SSSR count). The smallest absolute Gasteiger partial charge is 0.309 e. The Hall–Kier alpha value is -1.93. The number of nitrogens with zero attached hydrogens (tertiary/aromatic N) is 2. The van der Waals surface area contributed by atoms with Crippen molar-refractivity contribution in [3.05, 3.63) is 17.0 Å². The monoisotopic (exact) mass is 393 g/mol. The summed E-state index contributed by atoms with van der Waals surface area (Å²) in [6.07, 6.45) is 4.32. The van der Waals surface area contributed by atoms with Crippen LogP contribution in [0, 0.1) is 5.92 Å². The second kappa shape index (κ2) is 10.6. The number of hydrogen-bond acceptors (Lipinski definition) is 6. The van der Waals surface area contributed by atoms with Crippen LogP contribution in [0.4, 0.5) is 0 Å². The molecule has 3 heterocycles. The first-order chi connectivity index (χ1) is 13.7. The van der Waals surface area contributed by atoms with Crippen LogP contribution in [-0.2, 0) is 38.4 Å². The van der Waals surface area contributed by atoms with Crippen LogP contribution >= 0.6 is 0 Å². The fourth-order valence-corrected chi connectivity index (χ4v) is 3.71. The number of esters is 1. The van der Waals surface area contributed by atoms with Gasteiger partial charge in [0.05, 0.1) is 18.2 Å². The van der Waals surface area contributed by atoms with Gasteiger partial charge in [-0.15, -0.1) is 0 Å². The minimum absolute atomic E-state index is 0.0680. The summed E-state index contributed by atoms with van der Waals surface area (Å²) in [6.45, 7) is 6.02. The number of aromatic nitrogens is 2. The zero-order chi connectivity index (χ0) is 19.8. The molecule has 156 valence electrons. The molecule has 8 heteroatoms. The predicted molar refractivity (Wildman–Crippen MR) is 102 cm³/mol. The molecule has 1 aromatic rings. The zero-order valence-corrected chi connectivity index (χ0v) is 16.7. The molecule has 0 unspecified atom stereocenters. The summed E-state index contributed by atoms with van der Waals surface area (Å²) in [6, 6.07) is 0. The summed E-state index contributed by atoms with van der Waals surface area (Å²) in [7, 11) is 0. The van der Waals surface area contributed by atoms with Crippen LogP contribution in [0.1, 0.15) is 54.4 Å². The Morgan fingerprint density at radius 3 is 2.75 bits per heavy atom. The van der Waals surface area contributed by atoms with E-state index in [0.29, 0.717) is 51.6 Å². The summed E-state index contributed by atoms with van der Waals surface area (Å²) in [5.74, 6) is -0.310. The van der Waals surface area contributed by atoms with Crippen molar-refractivity contribution in [3.63, 3.8) is 0 Å². The molecule has 1 fully saturated rings. The second-order valence-electron chi connectivity index (χ2n) is 7.22. The van der Waals surface area contributed by atoms with Crippen LogP contribution in [-0.4, -0.2) is 61.2 Å². The van der Waals surface area contributed by atoms with Crippen molar-refractivity contribution >= 4 is 11.9 Å². The van der Waals surface area contributed by atoms with Crippen molar-refractivity contribution in [2.24, 2.45) is 5.92 Å².